The van der Waals surface area contributed by atoms with Gasteiger partial charge in [0.05, 0.1) is 17.7 Å². The van der Waals surface area contributed by atoms with E-state index in [-0.39, 0.29) is 18.1 Å². The normalized spacial score (nSPS) is 10.5. The number of fused-ring (bicyclic) bond motifs is 1. The van der Waals surface area contributed by atoms with Crippen LogP contribution in [-0.4, -0.2) is 23.7 Å². The number of nitrogens with zero attached hydrogens (tertiary/aromatic N) is 1. The third-order valence-electron chi connectivity index (χ3n) is 4.12. The van der Waals surface area contributed by atoms with Crippen molar-refractivity contribution < 1.29 is 14.3 Å². The van der Waals surface area contributed by atoms with Crippen LogP contribution in [0.1, 0.15) is 6.92 Å². The topological polar surface area (TPSA) is 69.6 Å². The van der Waals surface area contributed by atoms with E-state index in [1.54, 1.807) is 53.2 Å². The van der Waals surface area contributed by atoms with Crippen molar-refractivity contribution in [2.24, 2.45) is 0 Å². The van der Waals surface area contributed by atoms with Gasteiger partial charge in [-0.1, -0.05) is 24.3 Å². The highest BCUT2D eigenvalue weighted by molar-refractivity contribution is 5.94. The van der Waals surface area contributed by atoms with Crippen molar-refractivity contribution in [1.82, 2.24) is 4.57 Å². The zero-order valence-corrected chi connectivity index (χ0v) is 15.7. The zero-order chi connectivity index (χ0) is 19.9. The maximum Gasteiger partial charge on any atom is 0.262 e. The number of para-hydroxylation sites is 2. The molecule has 1 aromatic heterocycles. The monoisotopic (exact) mass is 378 g/mol. The number of hydrogen-bond donors (Lipinski definition) is 1. The van der Waals surface area contributed by atoms with Crippen LogP contribution in [0.15, 0.2) is 72.2 Å². The second-order valence-electron chi connectivity index (χ2n) is 6.05. The summed E-state index contributed by atoms with van der Waals surface area (Å²) in [6.07, 6.45) is 3.36. The Balaban J connectivity index is 1.75. The minimum atomic E-state index is -0.316. The zero-order valence-electron chi connectivity index (χ0n) is 15.7. The predicted octanol–water partition coefficient (Wildman–Crippen LogP) is 3.60. The standard InChI is InChI=1S/C22H22N2O4/c1-3-13-24-14-12-16-17(22(24)26)8-7-11-19(16)28-15-21(25)23-18-9-5-6-10-20(18)27-4-2/h3,5-12,14H,1,4,13,15H2,2H3,(H,23,25). The van der Waals surface area contributed by atoms with Gasteiger partial charge in [-0.15, -0.1) is 6.58 Å². The Hall–Kier alpha value is -3.54. The van der Waals surface area contributed by atoms with E-state index in [1.165, 1.54) is 0 Å². The average Bonchev–Trinajstić information content (AvgIpc) is 2.70. The number of allylic oxidation sites excluding steroid dienone is 1. The summed E-state index contributed by atoms with van der Waals surface area (Å²) in [5.74, 6) is 0.768. The first kappa shape index (κ1) is 19.2. The van der Waals surface area contributed by atoms with Gasteiger partial charge in [0.1, 0.15) is 11.5 Å². The Kier molecular flexibility index (Phi) is 6.11. The van der Waals surface area contributed by atoms with Crippen molar-refractivity contribution in [2.45, 2.75) is 13.5 Å². The lowest BCUT2D eigenvalue weighted by molar-refractivity contribution is -0.118. The molecule has 1 N–H and O–H groups in total. The third kappa shape index (κ3) is 4.23. The molecule has 0 bridgehead atoms. The summed E-state index contributed by atoms with van der Waals surface area (Å²) in [7, 11) is 0. The van der Waals surface area contributed by atoms with Crippen LogP contribution in [0.5, 0.6) is 11.5 Å². The average molecular weight is 378 g/mol. The minimum Gasteiger partial charge on any atom is -0.492 e. The van der Waals surface area contributed by atoms with Gasteiger partial charge in [0.2, 0.25) is 0 Å². The largest absolute Gasteiger partial charge is 0.492 e. The lowest BCUT2D eigenvalue weighted by atomic mass is 10.1. The number of anilines is 1. The van der Waals surface area contributed by atoms with Crippen molar-refractivity contribution in [1.29, 1.82) is 0 Å². The molecule has 1 amide bonds. The molecule has 0 radical (unpaired) electrons. The first-order valence-corrected chi connectivity index (χ1v) is 9.01. The number of amides is 1. The van der Waals surface area contributed by atoms with Crippen LogP contribution in [0, 0.1) is 0 Å². The van der Waals surface area contributed by atoms with Gasteiger partial charge in [0, 0.05) is 18.1 Å². The van der Waals surface area contributed by atoms with E-state index in [0.29, 0.717) is 41.1 Å². The molecule has 0 spiro atoms. The van der Waals surface area contributed by atoms with Crippen LogP contribution in [0.4, 0.5) is 5.69 Å². The van der Waals surface area contributed by atoms with Crippen LogP contribution < -0.4 is 20.3 Å². The molecule has 0 atom stereocenters. The Bertz CT molecular complexity index is 1060. The Labute approximate surface area is 163 Å². The quantitative estimate of drug-likeness (QED) is 0.608. The molecule has 144 valence electrons. The SMILES string of the molecule is C=CCn1ccc2c(OCC(=O)Nc3ccccc3OCC)cccc2c1=O. The highest BCUT2D eigenvalue weighted by Gasteiger charge is 2.11. The molecule has 3 aromatic rings. The fraction of sp³-hybridized carbons (Fsp3) is 0.182. The summed E-state index contributed by atoms with van der Waals surface area (Å²) in [6.45, 7) is 6.29. The third-order valence-corrected chi connectivity index (χ3v) is 4.12. The maximum atomic E-state index is 12.5. The van der Waals surface area contributed by atoms with E-state index >= 15 is 0 Å². The number of rotatable bonds is 8. The van der Waals surface area contributed by atoms with Crippen molar-refractivity contribution in [3.05, 3.63) is 77.7 Å². The lowest BCUT2D eigenvalue weighted by Gasteiger charge is -2.13. The molecule has 0 saturated heterocycles. The van der Waals surface area contributed by atoms with E-state index in [2.05, 4.69) is 11.9 Å². The molecular formula is C22H22N2O4. The van der Waals surface area contributed by atoms with Gasteiger partial charge >= 0.3 is 0 Å². The molecule has 2 aromatic carbocycles. The summed E-state index contributed by atoms with van der Waals surface area (Å²) < 4.78 is 12.8. The second kappa shape index (κ2) is 8.90. The molecule has 28 heavy (non-hydrogen) atoms. The van der Waals surface area contributed by atoms with Crippen molar-refractivity contribution >= 4 is 22.4 Å². The Morgan fingerprint density at radius 1 is 1.07 bits per heavy atom. The molecule has 0 aliphatic carbocycles. The summed E-state index contributed by atoms with van der Waals surface area (Å²) in [5, 5.41) is 3.98. The van der Waals surface area contributed by atoms with Gasteiger partial charge < -0.3 is 19.4 Å². The fourth-order valence-corrected chi connectivity index (χ4v) is 2.88. The van der Waals surface area contributed by atoms with Gasteiger partial charge in [-0.05, 0) is 37.3 Å². The summed E-state index contributed by atoms with van der Waals surface area (Å²) in [5.41, 5.74) is 0.459. The van der Waals surface area contributed by atoms with Crippen molar-refractivity contribution in [3.63, 3.8) is 0 Å². The minimum absolute atomic E-state index is 0.127. The summed E-state index contributed by atoms with van der Waals surface area (Å²) in [6, 6.07) is 14.2. The number of carbonyl (C=O) groups excluding carboxylic acids is 1. The van der Waals surface area contributed by atoms with E-state index in [1.807, 2.05) is 19.1 Å². The van der Waals surface area contributed by atoms with Gasteiger partial charge in [-0.25, -0.2) is 0 Å². The van der Waals surface area contributed by atoms with Crippen LogP contribution in [-0.2, 0) is 11.3 Å². The molecule has 6 nitrogen and oxygen atoms in total. The lowest BCUT2D eigenvalue weighted by Crippen LogP contribution is -2.21. The number of benzene rings is 2. The molecule has 1 heterocycles. The van der Waals surface area contributed by atoms with E-state index < -0.39 is 0 Å². The number of pyridine rings is 1. The number of ether oxygens (including phenoxy) is 2. The summed E-state index contributed by atoms with van der Waals surface area (Å²) >= 11 is 0. The number of nitrogens with one attached hydrogen (secondary N) is 1. The highest BCUT2D eigenvalue weighted by Crippen LogP contribution is 2.25. The smallest absolute Gasteiger partial charge is 0.262 e. The molecule has 0 fully saturated rings. The van der Waals surface area contributed by atoms with Crippen molar-refractivity contribution in [3.8, 4) is 11.5 Å². The highest BCUT2D eigenvalue weighted by atomic mass is 16.5. The number of hydrogen-bond acceptors (Lipinski definition) is 4. The van der Waals surface area contributed by atoms with Crippen LogP contribution in [0.25, 0.3) is 10.8 Å². The van der Waals surface area contributed by atoms with Crippen molar-refractivity contribution in [2.75, 3.05) is 18.5 Å². The molecule has 0 aliphatic heterocycles. The number of carbonyl (C=O) groups is 1. The molecule has 0 aliphatic rings. The molecular weight excluding hydrogens is 356 g/mol. The fourth-order valence-electron chi connectivity index (χ4n) is 2.88. The van der Waals surface area contributed by atoms with E-state index in [4.69, 9.17) is 9.47 Å². The van der Waals surface area contributed by atoms with Crippen LogP contribution >= 0.6 is 0 Å². The molecule has 0 unspecified atom stereocenters. The maximum absolute atomic E-state index is 12.5. The van der Waals surface area contributed by atoms with Gasteiger partial charge in [-0.2, -0.15) is 0 Å². The van der Waals surface area contributed by atoms with Crippen LogP contribution in [0.2, 0.25) is 0 Å². The first-order valence-electron chi connectivity index (χ1n) is 9.01. The number of aromatic nitrogens is 1. The van der Waals surface area contributed by atoms with Gasteiger partial charge in [0.25, 0.3) is 11.5 Å². The molecule has 6 heteroatoms. The Morgan fingerprint density at radius 3 is 2.64 bits per heavy atom. The molecule has 0 saturated carbocycles. The summed E-state index contributed by atoms with van der Waals surface area (Å²) in [4.78, 5) is 24.8. The van der Waals surface area contributed by atoms with E-state index in [9.17, 15) is 9.59 Å². The first-order chi connectivity index (χ1) is 13.6. The second-order valence-corrected chi connectivity index (χ2v) is 6.05. The van der Waals surface area contributed by atoms with Crippen LogP contribution in [0.3, 0.4) is 0 Å². The predicted molar refractivity (Wildman–Crippen MR) is 110 cm³/mol. The van der Waals surface area contributed by atoms with E-state index in [0.717, 1.165) is 0 Å². The van der Waals surface area contributed by atoms with Gasteiger partial charge in [0.15, 0.2) is 6.61 Å². The molecule has 3 rings (SSSR count). The Morgan fingerprint density at radius 2 is 1.86 bits per heavy atom. The van der Waals surface area contributed by atoms with Gasteiger partial charge in [-0.3, -0.25) is 9.59 Å².